The summed E-state index contributed by atoms with van der Waals surface area (Å²) in [5.74, 6) is 0.331. The van der Waals surface area contributed by atoms with E-state index < -0.39 is 0 Å². The fourth-order valence-electron chi connectivity index (χ4n) is 2.28. The lowest BCUT2D eigenvalue weighted by Gasteiger charge is -2.31. The van der Waals surface area contributed by atoms with Crippen LogP contribution in [0.15, 0.2) is 4.34 Å². The Kier molecular flexibility index (Phi) is 6.64. The summed E-state index contributed by atoms with van der Waals surface area (Å²) >= 11 is 2.84. The van der Waals surface area contributed by atoms with E-state index in [1.807, 2.05) is 0 Å². The number of likely N-dealkylation sites (tertiary alicyclic amines) is 1. The fraction of sp³-hybridized carbons (Fsp3) is 0.714. The molecule has 2 rings (SSSR count). The van der Waals surface area contributed by atoms with Gasteiger partial charge in [0.2, 0.25) is 16.9 Å². The number of anilines is 1. The standard InChI is InChI=1S/C14H23N5O2S2/c1-9(2)6-16-13-17-18-14(23-13)22-8-11(20)19-5-3-4-10(7-19)12(15)21/h9-10H,3-8H2,1-2H3,(H2,15,21)(H,16,17). The van der Waals surface area contributed by atoms with Crippen LogP contribution in [0, 0.1) is 11.8 Å². The minimum atomic E-state index is -0.319. The van der Waals surface area contributed by atoms with E-state index in [1.165, 1.54) is 23.1 Å². The summed E-state index contributed by atoms with van der Waals surface area (Å²) in [5, 5.41) is 12.1. The van der Waals surface area contributed by atoms with Gasteiger partial charge >= 0.3 is 0 Å². The molecule has 0 aliphatic carbocycles. The van der Waals surface area contributed by atoms with Gasteiger partial charge in [-0.2, -0.15) is 0 Å². The molecule has 0 aromatic carbocycles. The first-order chi connectivity index (χ1) is 11.0. The predicted octanol–water partition coefficient (Wildman–Crippen LogP) is 1.42. The number of hydrogen-bond donors (Lipinski definition) is 2. The van der Waals surface area contributed by atoms with E-state index in [9.17, 15) is 9.59 Å². The number of nitrogens with two attached hydrogens (primary N) is 1. The van der Waals surface area contributed by atoms with Crippen LogP contribution < -0.4 is 11.1 Å². The molecule has 0 saturated carbocycles. The number of nitrogens with zero attached hydrogens (tertiary/aromatic N) is 3. The fourth-order valence-corrected chi connectivity index (χ4v) is 3.94. The minimum absolute atomic E-state index is 0.0211. The molecule has 9 heteroatoms. The molecule has 1 fully saturated rings. The normalized spacial score (nSPS) is 18.2. The van der Waals surface area contributed by atoms with Crippen molar-refractivity contribution in [3.05, 3.63) is 0 Å². The van der Waals surface area contributed by atoms with Gasteiger partial charge < -0.3 is 16.0 Å². The molecular weight excluding hydrogens is 334 g/mol. The number of nitrogens with one attached hydrogen (secondary N) is 1. The molecule has 23 heavy (non-hydrogen) atoms. The van der Waals surface area contributed by atoms with Crippen LogP contribution in [0.3, 0.4) is 0 Å². The topological polar surface area (TPSA) is 101 Å². The van der Waals surface area contributed by atoms with Gasteiger partial charge in [-0.1, -0.05) is 36.9 Å². The van der Waals surface area contributed by atoms with Crippen molar-refractivity contribution in [3.8, 4) is 0 Å². The van der Waals surface area contributed by atoms with Crippen LogP contribution in [-0.2, 0) is 9.59 Å². The van der Waals surface area contributed by atoms with Crippen LogP contribution >= 0.6 is 23.1 Å². The van der Waals surface area contributed by atoms with Gasteiger partial charge in [0, 0.05) is 19.6 Å². The van der Waals surface area contributed by atoms with Crippen molar-refractivity contribution >= 4 is 40.0 Å². The summed E-state index contributed by atoms with van der Waals surface area (Å²) in [6.45, 7) is 6.23. The van der Waals surface area contributed by atoms with Crippen LogP contribution in [-0.4, -0.2) is 52.3 Å². The summed E-state index contributed by atoms with van der Waals surface area (Å²) in [7, 11) is 0. The number of primary amides is 1. The molecule has 1 aromatic rings. The Hall–Kier alpha value is -1.35. The Morgan fingerprint density at radius 1 is 1.48 bits per heavy atom. The third kappa shape index (κ3) is 5.65. The Labute approximate surface area is 144 Å². The SMILES string of the molecule is CC(C)CNc1nnc(SCC(=O)N2CCCC(C(N)=O)C2)s1. The highest BCUT2D eigenvalue weighted by Crippen LogP contribution is 2.26. The summed E-state index contributed by atoms with van der Waals surface area (Å²) in [5.41, 5.74) is 5.34. The molecule has 1 aliphatic heterocycles. The van der Waals surface area contributed by atoms with Gasteiger partial charge in [-0.15, -0.1) is 10.2 Å². The van der Waals surface area contributed by atoms with Crippen molar-refractivity contribution in [2.24, 2.45) is 17.6 Å². The van der Waals surface area contributed by atoms with Gasteiger partial charge in [0.15, 0.2) is 4.34 Å². The van der Waals surface area contributed by atoms with Crippen molar-refractivity contribution in [2.45, 2.75) is 31.0 Å². The quantitative estimate of drug-likeness (QED) is 0.716. The molecule has 7 nitrogen and oxygen atoms in total. The van der Waals surface area contributed by atoms with Crippen LogP contribution in [0.2, 0.25) is 0 Å². The van der Waals surface area contributed by atoms with E-state index in [0.717, 1.165) is 28.9 Å². The van der Waals surface area contributed by atoms with Gasteiger partial charge in [0.25, 0.3) is 0 Å². The lowest BCUT2D eigenvalue weighted by molar-refractivity contribution is -0.132. The summed E-state index contributed by atoms with van der Waals surface area (Å²) in [6.07, 6.45) is 1.60. The van der Waals surface area contributed by atoms with Crippen molar-refractivity contribution in [1.82, 2.24) is 15.1 Å². The van der Waals surface area contributed by atoms with Crippen LogP contribution in [0.4, 0.5) is 5.13 Å². The van der Waals surface area contributed by atoms with Crippen LogP contribution in [0.1, 0.15) is 26.7 Å². The number of thioether (sulfide) groups is 1. The molecule has 0 radical (unpaired) electrons. The summed E-state index contributed by atoms with van der Waals surface area (Å²) < 4.78 is 0.771. The maximum Gasteiger partial charge on any atom is 0.233 e. The van der Waals surface area contributed by atoms with E-state index in [1.54, 1.807) is 4.90 Å². The average molecular weight is 358 g/mol. The third-order valence-corrected chi connectivity index (χ3v) is 5.56. The van der Waals surface area contributed by atoms with Crippen molar-refractivity contribution in [1.29, 1.82) is 0 Å². The number of rotatable bonds is 7. The van der Waals surface area contributed by atoms with Crippen molar-refractivity contribution < 1.29 is 9.59 Å². The molecule has 128 valence electrons. The van der Waals surface area contributed by atoms with E-state index >= 15 is 0 Å². The molecule has 3 N–H and O–H groups in total. The molecule has 1 aliphatic rings. The zero-order valence-electron chi connectivity index (χ0n) is 13.4. The first-order valence-corrected chi connectivity index (χ1v) is 9.53. The number of amides is 2. The molecule has 1 unspecified atom stereocenters. The monoisotopic (exact) mass is 357 g/mol. The maximum atomic E-state index is 12.3. The number of hydrogen-bond acceptors (Lipinski definition) is 7. The molecule has 0 spiro atoms. The molecular formula is C14H23N5O2S2. The second-order valence-corrected chi connectivity index (χ2v) is 8.22. The number of piperidine rings is 1. The highest BCUT2D eigenvalue weighted by Gasteiger charge is 2.26. The lowest BCUT2D eigenvalue weighted by atomic mass is 9.97. The number of carbonyl (C=O) groups is 2. The first kappa shape index (κ1) is 18.0. The largest absolute Gasteiger partial charge is 0.369 e. The maximum absolute atomic E-state index is 12.3. The zero-order chi connectivity index (χ0) is 16.8. The van der Waals surface area contributed by atoms with Crippen LogP contribution in [0.5, 0.6) is 0 Å². The third-order valence-electron chi connectivity index (χ3n) is 3.56. The number of aromatic nitrogens is 2. The molecule has 1 aromatic heterocycles. The van der Waals surface area contributed by atoms with E-state index in [0.29, 0.717) is 24.8 Å². The van der Waals surface area contributed by atoms with Crippen molar-refractivity contribution in [2.75, 3.05) is 30.7 Å². The summed E-state index contributed by atoms with van der Waals surface area (Å²) in [6, 6.07) is 0. The van der Waals surface area contributed by atoms with Crippen molar-refractivity contribution in [3.63, 3.8) is 0 Å². The second kappa shape index (κ2) is 8.49. The van der Waals surface area contributed by atoms with Gasteiger partial charge in [-0.25, -0.2) is 0 Å². The Balaban J connectivity index is 1.79. The molecule has 2 heterocycles. The van der Waals surface area contributed by atoms with E-state index in [2.05, 4.69) is 29.4 Å². The lowest BCUT2D eigenvalue weighted by Crippen LogP contribution is -2.44. The summed E-state index contributed by atoms with van der Waals surface area (Å²) in [4.78, 5) is 25.3. The predicted molar refractivity (Wildman–Crippen MR) is 92.5 cm³/mol. The smallest absolute Gasteiger partial charge is 0.233 e. The Morgan fingerprint density at radius 3 is 2.96 bits per heavy atom. The van der Waals surface area contributed by atoms with Gasteiger partial charge in [0.1, 0.15) is 0 Å². The molecule has 1 saturated heterocycles. The average Bonchev–Trinajstić information content (AvgIpc) is 2.98. The highest BCUT2D eigenvalue weighted by molar-refractivity contribution is 8.01. The first-order valence-electron chi connectivity index (χ1n) is 7.73. The van der Waals surface area contributed by atoms with E-state index in [-0.39, 0.29) is 17.7 Å². The highest BCUT2D eigenvalue weighted by atomic mass is 32.2. The zero-order valence-corrected chi connectivity index (χ0v) is 15.1. The van der Waals surface area contributed by atoms with Gasteiger partial charge in [-0.05, 0) is 18.8 Å². The Morgan fingerprint density at radius 2 is 2.26 bits per heavy atom. The second-order valence-electron chi connectivity index (χ2n) is 6.02. The molecule has 1 atom stereocenters. The minimum Gasteiger partial charge on any atom is -0.369 e. The number of carbonyl (C=O) groups excluding carboxylic acids is 2. The molecule has 0 bridgehead atoms. The van der Waals surface area contributed by atoms with Gasteiger partial charge in [0.05, 0.1) is 11.7 Å². The van der Waals surface area contributed by atoms with Crippen LogP contribution in [0.25, 0.3) is 0 Å². The van der Waals surface area contributed by atoms with E-state index in [4.69, 9.17) is 5.73 Å². The van der Waals surface area contributed by atoms with Gasteiger partial charge in [-0.3, -0.25) is 9.59 Å². The molecule has 2 amide bonds. The Bertz CT molecular complexity index is 549.